The molecule has 5 rings (SSSR count). The van der Waals surface area contributed by atoms with Crippen LogP contribution in [0.25, 0.3) is 20.3 Å². The number of nitrogens with zero attached hydrogens (tertiary/aromatic N) is 2. The Bertz CT molecular complexity index is 1070. The van der Waals surface area contributed by atoms with E-state index in [-0.39, 0.29) is 0 Å². The minimum Gasteiger partial charge on any atom is -0.239 e. The smallest absolute Gasteiger partial charge is 0.116 e. The van der Waals surface area contributed by atoms with Crippen LogP contribution in [0, 0.1) is 5.92 Å². The zero-order chi connectivity index (χ0) is 16.6. The summed E-state index contributed by atoms with van der Waals surface area (Å²) in [6, 6.07) is 8.50. The maximum Gasteiger partial charge on any atom is 0.116 e. The molecule has 0 aliphatic heterocycles. The SMILES string of the molecule is C1=CCC(C2=CCC(c3ncnc4c3sc3ccccc34)C=C2)C=C1. The number of thiophene rings is 1. The quantitative estimate of drug-likeness (QED) is 0.575. The summed E-state index contributed by atoms with van der Waals surface area (Å²) in [5, 5.41) is 1.24. The highest BCUT2D eigenvalue weighted by Crippen LogP contribution is 2.39. The average molecular weight is 342 g/mol. The third kappa shape index (κ3) is 2.56. The lowest BCUT2D eigenvalue weighted by Gasteiger charge is -2.21. The van der Waals surface area contributed by atoms with Gasteiger partial charge in [0.1, 0.15) is 6.33 Å². The van der Waals surface area contributed by atoms with E-state index < -0.39 is 0 Å². The molecule has 3 heteroatoms. The third-order valence-corrected chi connectivity index (χ3v) is 6.26. The van der Waals surface area contributed by atoms with Gasteiger partial charge in [0.05, 0.1) is 15.9 Å². The summed E-state index contributed by atoms with van der Waals surface area (Å²) >= 11 is 1.81. The molecule has 25 heavy (non-hydrogen) atoms. The maximum absolute atomic E-state index is 4.66. The van der Waals surface area contributed by atoms with Crippen LogP contribution in [-0.4, -0.2) is 9.97 Å². The molecule has 0 N–H and O–H groups in total. The first-order valence-corrected chi connectivity index (χ1v) is 9.55. The van der Waals surface area contributed by atoms with Crippen LogP contribution < -0.4 is 0 Å². The van der Waals surface area contributed by atoms with Crippen LogP contribution in [0.3, 0.4) is 0 Å². The fourth-order valence-corrected chi connectivity index (χ4v) is 4.96. The van der Waals surface area contributed by atoms with Crippen molar-refractivity contribution in [2.24, 2.45) is 5.92 Å². The fourth-order valence-electron chi connectivity index (χ4n) is 3.75. The first-order valence-electron chi connectivity index (χ1n) is 8.74. The summed E-state index contributed by atoms with van der Waals surface area (Å²) in [5.74, 6) is 0.863. The molecule has 2 heterocycles. The zero-order valence-electron chi connectivity index (χ0n) is 13.8. The first-order chi connectivity index (χ1) is 12.4. The Balaban J connectivity index is 1.50. The van der Waals surface area contributed by atoms with Crippen molar-refractivity contribution in [3.05, 3.63) is 84.4 Å². The van der Waals surface area contributed by atoms with Gasteiger partial charge in [0, 0.05) is 21.9 Å². The van der Waals surface area contributed by atoms with E-state index >= 15 is 0 Å². The van der Waals surface area contributed by atoms with Crippen molar-refractivity contribution in [3.8, 4) is 0 Å². The lowest BCUT2D eigenvalue weighted by molar-refractivity contribution is 0.744. The summed E-state index contributed by atoms with van der Waals surface area (Å²) in [6.45, 7) is 0. The van der Waals surface area contributed by atoms with Crippen LogP contribution in [0.5, 0.6) is 0 Å². The maximum atomic E-state index is 4.66. The Kier molecular flexibility index (Phi) is 3.60. The largest absolute Gasteiger partial charge is 0.239 e. The van der Waals surface area contributed by atoms with Crippen molar-refractivity contribution >= 4 is 31.6 Å². The topological polar surface area (TPSA) is 25.8 Å². The van der Waals surface area contributed by atoms with Gasteiger partial charge in [-0.3, -0.25) is 0 Å². The molecule has 2 aliphatic rings. The minimum absolute atomic E-state index is 0.338. The van der Waals surface area contributed by atoms with Crippen molar-refractivity contribution in [1.82, 2.24) is 9.97 Å². The highest BCUT2D eigenvalue weighted by molar-refractivity contribution is 7.25. The molecule has 0 fully saturated rings. The van der Waals surface area contributed by atoms with Gasteiger partial charge in [-0.1, -0.05) is 60.7 Å². The number of rotatable bonds is 2. The monoisotopic (exact) mass is 342 g/mol. The summed E-state index contributed by atoms with van der Waals surface area (Å²) in [6.07, 6.45) is 19.7. The lowest BCUT2D eigenvalue weighted by Crippen LogP contribution is -2.07. The van der Waals surface area contributed by atoms with Crippen LogP contribution in [-0.2, 0) is 0 Å². The van der Waals surface area contributed by atoms with Crippen molar-refractivity contribution in [2.75, 3.05) is 0 Å². The van der Waals surface area contributed by atoms with Crippen LogP contribution in [0.15, 0.2) is 78.7 Å². The molecule has 122 valence electrons. The molecule has 0 spiro atoms. The molecule has 1 aromatic carbocycles. The van der Waals surface area contributed by atoms with Gasteiger partial charge in [0.15, 0.2) is 0 Å². The molecular formula is C22H18N2S. The Labute approximate surface area is 150 Å². The van der Waals surface area contributed by atoms with E-state index in [0.29, 0.717) is 11.8 Å². The number of hydrogen-bond donors (Lipinski definition) is 0. The third-order valence-electron chi connectivity index (χ3n) is 5.07. The molecular weight excluding hydrogens is 324 g/mol. The number of fused-ring (bicyclic) bond motifs is 3. The van der Waals surface area contributed by atoms with Crippen LogP contribution in [0.1, 0.15) is 24.5 Å². The minimum atomic E-state index is 0.338. The summed E-state index contributed by atoms with van der Waals surface area (Å²) in [4.78, 5) is 9.21. The molecule has 0 amide bonds. The van der Waals surface area contributed by atoms with Crippen LogP contribution in [0.2, 0.25) is 0 Å². The molecule has 2 unspecified atom stereocenters. The van der Waals surface area contributed by atoms with Crippen LogP contribution >= 0.6 is 11.3 Å². The first kappa shape index (κ1) is 14.8. The lowest BCUT2D eigenvalue weighted by atomic mass is 9.85. The zero-order valence-corrected chi connectivity index (χ0v) is 14.6. The van der Waals surface area contributed by atoms with Gasteiger partial charge < -0.3 is 0 Å². The van der Waals surface area contributed by atoms with Gasteiger partial charge in [0.25, 0.3) is 0 Å². The average Bonchev–Trinajstić information content (AvgIpc) is 3.08. The molecule has 0 saturated heterocycles. The second-order valence-corrected chi connectivity index (χ2v) is 7.65. The summed E-state index contributed by atoms with van der Waals surface area (Å²) < 4.78 is 2.52. The summed E-state index contributed by atoms with van der Waals surface area (Å²) in [5.41, 5.74) is 3.68. The Morgan fingerprint density at radius 1 is 0.960 bits per heavy atom. The molecule has 0 bridgehead atoms. The van der Waals surface area contributed by atoms with Crippen molar-refractivity contribution in [1.29, 1.82) is 0 Å². The molecule has 2 aliphatic carbocycles. The highest BCUT2D eigenvalue weighted by atomic mass is 32.1. The predicted octanol–water partition coefficient (Wildman–Crippen LogP) is 5.95. The molecule has 3 aromatic rings. The van der Waals surface area contributed by atoms with Crippen molar-refractivity contribution < 1.29 is 0 Å². The number of allylic oxidation sites excluding steroid dienone is 8. The van der Waals surface area contributed by atoms with Gasteiger partial charge in [-0.05, 0) is 24.5 Å². The molecule has 0 radical (unpaired) electrons. The van der Waals surface area contributed by atoms with E-state index in [9.17, 15) is 0 Å². The van der Waals surface area contributed by atoms with E-state index in [4.69, 9.17) is 0 Å². The van der Waals surface area contributed by atoms with Crippen LogP contribution in [0.4, 0.5) is 0 Å². The molecule has 2 atom stereocenters. The standard InChI is InChI=1S/C22H18N2S/c1-2-6-15(7-3-1)16-10-12-17(13-11-16)20-22-21(24-14-23-20)18-8-4-5-9-19(18)25-22/h1-6,8-12,14-15,17H,7,13H2. The van der Waals surface area contributed by atoms with E-state index in [1.54, 1.807) is 6.33 Å². The summed E-state index contributed by atoms with van der Waals surface area (Å²) in [7, 11) is 0. The van der Waals surface area contributed by atoms with Crippen molar-refractivity contribution in [3.63, 3.8) is 0 Å². The van der Waals surface area contributed by atoms with E-state index in [2.05, 4.69) is 76.8 Å². The highest BCUT2D eigenvalue weighted by Gasteiger charge is 2.20. The predicted molar refractivity (Wildman–Crippen MR) is 106 cm³/mol. The van der Waals surface area contributed by atoms with Gasteiger partial charge in [-0.2, -0.15) is 0 Å². The number of benzene rings is 1. The Morgan fingerprint density at radius 3 is 2.76 bits per heavy atom. The van der Waals surface area contributed by atoms with Gasteiger partial charge in [0.2, 0.25) is 0 Å². The number of hydrogen-bond acceptors (Lipinski definition) is 3. The molecule has 2 nitrogen and oxygen atoms in total. The normalized spacial score (nSPS) is 22.6. The second kappa shape index (κ2) is 6.08. The van der Waals surface area contributed by atoms with E-state index in [1.165, 1.54) is 20.4 Å². The van der Waals surface area contributed by atoms with Gasteiger partial charge >= 0.3 is 0 Å². The fraction of sp³-hybridized carbons (Fsp3) is 0.182. The molecule has 2 aromatic heterocycles. The second-order valence-electron chi connectivity index (χ2n) is 6.60. The Hall–Kier alpha value is -2.52. The number of aromatic nitrogens is 2. The van der Waals surface area contributed by atoms with E-state index in [1.807, 2.05) is 11.3 Å². The Morgan fingerprint density at radius 2 is 1.92 bits per heavy atom. The molecule has 0 saturated carbocycles. The van der Waals surface area contributed by atoms with E-state index in [0.717, 1.165) is 24.1 Å². The van der Waals surface area contributed by atoms with Gasteiger partial charge in [-0.15, -0.1) is 11.3 Å². The van der Waals surface area contributed by atoms with Crippen molar-refractivity contribution in [2.45, 2.75) is 18.8 Å². The van der Waals surface area contributed by atoms with Gasteiger partial charge in [-0.25, -0.2) is 9.97 Å².